The summed E-state index contributed by atoms with van der Waals surface area (Å²) in [6, 6.07) is 5.82. The highest BCUT2D eigenvalue weighted by Gasteiger charge is 2.45. The maximum Gasteiger partial charge on any atom is 0.410 e. The Kier molecular flexibility index (Phi) is 6.94. The Morgan fingerprint density at radius 2 is 1.92 bits per heavy atom. The maximum atomic E-state index is 12.8. The molecule has 11 heteroatoms. The summed E-state index contributed by atoms with van der Waals surface area (Å²) in [5.74, 6) is 1.15. The first-order chi connectivity index (χ1) is 17.7. The first kappa shape index (κ1) is 25.3. The van der Waals surface area contributed by atoms with Crippen molar-refractivity contribution in [3.63, 3.8) is 0 Å². The summed E-state index contributed by atoms with van der Waals surface area (Å²) in [6.07, 6.45) is 7.76. The van der Waals surface area contributed by atoms with E-state index >= 15 is 0 Å². The number of carbonyl (C=O) groups excluding carboxylic acids is 1. The second-order valence-electron chi connectivity index (χ2n) is 10.9. The Morgan fingerprint density at radius 1 is 1.16 bits per heavy atom. The summed E-state index contributed by atoms with van der Waals surface area (Å²) < 4.78 is 13.6. The number of ether oxygens (including phenoxy) is 2. The summed E-state index contributed by atoms with van der Waals surface area (Å²) in [5, 5.41) is 7.95. The largest absolute Gasteiger partial charge is 0.474 e. The molecule has 0 saturated carbocycles. The first-order valence-corrected chi connectivity index (χ1v) is 12.9. The van der Waals surface area contributed by atoms with E-state index in [9.17, 15) is 4.79 Å². The van der Waals surface area contributed by atoms with Gasteiger partial charge >= 0.3 is 6.09 Å². The van der Waals surface area contributed by atoms with Gasteiger partial charge < -0.3 is 19.7 Å². The summed E-state index contributed by atoms with van der Waals surface area (Å²) in [5.41, 5.74) is 2.24. The first-order valence-electron chi connectivity index (χ1n) is 12.5. The van der Waals surface area contributed by atoms with E-state index in [0.717, 1.165) is 36.9 Å². The number of hydrogen-bond donors (Lipinski definition) is 1. The molecule has 2 saturated heterocycles. The molecule has 1 amide bonds. The molecule has 10 nitrogen and oxygen atoms in total. The van der Waals surface area contributed by atoms with Crippen molar-refractivity contribution in [1.82, 2.24) is 29.6 Å². The van der Waals surface area contributed by atoms with Crippen LogP contribution in [0.15, 0.2) is 37.2 Å². The molecule has 5 rings (SSSR count). The number of hydrogen-bond acceptors (Lipinski definition) is 8. The van der Waals surface area contributed by atoms with Crippen LogP contribution in [0, 0.1) is 12.3 Å². The van der Waals surface area contributed by atoms with E-state index in [2.05, 4.69) is 46.1 Å². The van der Waals surface area contributed by atoms with Crippen molar-refractivity contribution < 1.29 is 14.3 Å². The lowest BCUT2D eigenvalue weighted by Gasteiger charge is -2.38. The van der Waals surface area contributed by atoms with Crippen LogP contribution in [0.4, 0.5) is 16.3 Å². The van der Waals surface area contributed by atoms with Gasteiger partial charge in [0.1, 0.15) is 30.9 Å². The van der Waals surface area contributed by atoms with Gasteiger partial charge in [-0.15, -0.1) is 0 Å². The fourth-order valence-electron chi connectivity index (χ4n) is 4.93. The zero-order valence-electron chi connectivity index (χ0n) is 21.5. The number of benzene rings is 1. The van der Waals surface area contributed by atoms with Crippen LogP contribution in [0.3, 0.4) is 0 Å². The highest BCUT2D eigenvalue weighted by atomic mass is 35.5. The molecule has 2 atom stereocenters. The summed E-state index contributed by atoms with van der Waals surface area (Å²) in [4.78, 5) is 27.5. The lowest BCUT2D eigenvalue weighted by atomic mass is 9.98. The number of aromatic nitrogens is 5. The molecule has 2 bridgehead atoms. The van der Waals surface area contributed by atoms with Gasteiger partial charge in [-0.1, -0.05) is 32.4 Å². The van der Waals surface area contributed by atoms with Crippen LogP contribution in [-0.4, -0.2) is 60.5 Å². The highest BCUT2D eigenvalue weighted by molar-refractivity contribution is 6.33. The molecule has 196 valence electrons. The van der Waals surface area contributed by atoms with E-state index in [0.29, 0.717) is 29.0 Å². The number of fused-ring (bicyclic) bond motifs is 2. The van der Waals surface area contributed by atoms with Crippen molar-refractivity contribution in [3.8, 4) is 11.6 Å². The molecule has 2 aromatic heterocycles. The van der Waals surface area contributed by atoms with E-state index in [1.54, 1.807) is 11.0 Å². The van der Waals surface area contributed by atoms with Crippen LogP contribution >= 0.6 is 11.6 Å². The smallest absolute Gasteiger partial charge is 0.410 e. The van der Waals surface area contributed by atoms with Gasteiger partial charge in [0.05, 0.1) is 28.6 Å². The molecule has 2 unspecified atom stereocenters. The number of piperidine rings is 1. The van der Waals surface area contributed by atoms with Crippen LogP contribution in [0.2, 0.25) is 5.02 Å². The monoisotopic (exact) mass is 525 g/mol. The van der Waals surface area contributed by atoms with Crippen molar-refractivity contribution in [3.05, 3.63) is 47.8 Å². The minimum Gasteiger partial charge on any atom is -0.474 e. The number of nitrogens with one attached hydrogen (secondary N) is 1. The highest BCUT2D eigenvalue weighted by Crippen LogP contribution is 2.38. The fraction of sp³-hybridized carbons (Fsp3) is 0.500. The van der Waals surface area contributed by atoms with Crippen molar-refractivity contribution in [2.75, 3.05) is 11.9 Å². The normalized spacial score (nSPS) is 21.1. The standard InChI is InChI=1S/C26H32ClN7O3/c1-16-23(32-22-8-7-17(11-21(22)27)33-15-28-13-31-33)29-14-30-24(16)37-20-9-18-5-6-19(10-20)34(18)25(35)36-12-26(2,3)4/h7-8,11,13-15,18-20H,5-6,9-10,12H2,1-4H3,(H,29,30,32). The molecule has 1 aromatic carbocycles. The number of amides is 1. The zero-order chi connectivity index (χ0) is 26.2. The van der Waals surface area contributed by atoms with E-state index in [1.807, 2.05) is 30.0 Å². The Balaban J connectivity index is 1.24. The Bertz CT molecular complexity index is 1250. The van der Waals surface area contributed by atoms with E-state index in [4.69, 9.17) is 21.1 Å². The molecule has 1 N–H and O–H groups in total. The van der Waals surface area contributed by atoms with Crippen molar-refractivity contribution in [1.29, 1.82) is 0 Å². The number of carbonyl (C=O) groups is 1. The average Bonchev–Trinajstić information content (AvgIpc) is 3.47. The predicted molar refractivity (Wildman–Crippen MR) is 140 cm³/mol. The number of halogens is 1. The Morgan fingerprint density at radius 3 is 2.57 bits per heavy atom. The summed E-state index contributed by atoms with van der Waals surface area (Å²) in [7, 11) is 0. The van der Waals surface area contributed by atoms with Gasteiger partial charge in [-0.2, -0.15) is 5.10 Å². The van der Waals surface area contributed by atoms with Gasteiger partial charge in [0.15, 0.2) is 0 Å². The number of anilines is 2. The maximum absolute atomic E-state index is 12.8. The molecule has 2 aliphatic rings. The average molecular weight is 526 g/mol. The van der Waals surface area contributed by atoms with Crippen LogP contribution in [0.1, 0.15) is 52.0 Å². The van der Waals surface area contributed by atoms with Gasteiger partial charge in [0.25, 0.3) is 0 Å². The fourth-order valence-corrected chi connectivity index (χ4v) is 5.15. The molecule has 3 aromatic rings. The zero-order valence-corrected chi connectivity index (χ0v) is 22.3. The van der Waals surface area contributed by atoms with Crippen LogP contribution < -0.4 is 10.1 Å². The lowest BCUT2D eigenvalue weighted by molar-refractivity contribution is 0.0202. The van der Waals surface area contributed by atoms with E-state index in [-0.39, 0.29) is 29.7 Å². The van der Waals surface area contributed by atoms with Gasteiger partial charge in [-0.3, -0.25) is 0 Å². The quantitative estimate of drug-likeness (QED) is 0.460. The third kappa shape index (κ3) is 5.64. The molecule has 0 radical (unpaired) electrons. The molecule has 0 spiro atoms. The predicted octanol–water partition coefficient (Wildman–Crippen LogP) is 5.32. The van der Waals surface area contributed by atoms with Crippen molar-refractivity contribution in [2.45, 2.75) is 71.6 Å². The minimum absolute atomic E-state index is 0.0313. The molecule has 2 aliphatic heterocycles. The van der Waals surface area contributed by atoms with Crippen molar-refractivity contribution >= 4 is 29.2 Å². The van der Waals surface area contributed by atoms with E-state index < -0.39 is 0 Å². The third-order valence-corrected chi connectivity index (χ3v) is 7.05. The molecule has 0 aliphatic carbocycles. The molecular weight excluding hydrogens is 494 g/mol. The second kappa shape index (κ2) is 10.2. The summed E-state index contributed by atoms with van der Waals surface area (Å²) >= 11 is 6.53. The molecule has 37 heavy (non-hydrogen) atoms. The SMILES string of the molecule is Cc1c(Nc2ccc(-n3cncn3)cc2Cl)ncnc1OC1CC2CCC(C1)N2C(=O)OCC(C)(C)C. The van der Waals surface area contributed by atoms with Gasteiger partial charge in [-0.05, 0) is 43.4 Å². The van der Waals surface area contributed by atoms with Crippen LogP contribution in [0.5, 0.6) is 5.88 Å². The van der Waals surface area contributed by atoms with Gasteiger partial charge in [0, 0.05) is 24.9 Å². The minimum atomic E-state index is -0.211. The van der Waals surface area contributed by atoms with Gasteiger partial charge in [-0.25, -0.2) is 24.4 Å². The van der Waals surface area contributed by atoms with E-state index in [1.165, 1.54) is 12.7 Å². The van der Waals surface area contributed by atoms with Crippen LogP contribution in [0.25, 0.3) is 5.69 Å². The lowest BCUT2D eigenvalue weighted by Crippen LogP contribution is -2.49. The van der Waals surface area contributed by atoms with Crippen LogP contribution in [-0.2, 0) is 4.74 Å². The molecular formula is C26H32ClN7O3. The third-order valence-electron chi connectivity index (χ3n) is 6.73. The van der Waals surface area contributed by atoms with Gasteiger partial charge in [0.2, 0.25) is 5.88 Å². The Labute approximate surface area is 221 Å². The second-order valence-corrected chi connectivity index (χ2v) is 11.3. The molecule has 2 fully saturated rings. The number of rotatable bonds is 6. The molecule has 4 heterocycles. The Hall–Kier alpha value is -3.40. The summed E-state index contributed by atoms with van der Waals surface area (Å²) in [6.45, 7) is 8.51. The van der Waals surface area contributed by atoms with Crippen molar-refractivity contribution in [2.24, 2.45) is 5.41 Å². The topological polar surface area (TPSA) is 107 Å². The number of nitrogens with zero attached hydrogens (tertiary/aromatic N) is 6.